The number of carbonyl (C=O) groups is 1. The van der Waals surface area contributed by atoms with E-state index >= 15 is 0 Å². The Balaban J connectivity index is 2.05. The molecule has 6 heteroatoms. The Kier molecular flexibility index (Phi) is 3.41. The summed E-state index contributed by atoms with van der Waals surface area (Å²) < 4.78 is 0. The zero-order valence-electron chi connectivity index (χ0n) is 10.7. The van der Waals surface area contributed by atoms with E-state index in [0.717, 1.165) is 10.9 Å². The van der Waals surface area contributed by atoms with E-state index in [0.29, 0.717) is 11.5 Å². The maximum Gasteiger partial charge on any atom is 0.335 e. The molecule has 0 aliphatic carbocycles. The first-order valence-electron chi connectivity index (χ1n) is 6.16. The Labute approximate surface area is 125 Å². The predicted molar refractivity (Wildman–Crippen MR) is 81.2 cm³/mol. The second-order valence-electron chi connectivity index (χ2n) is 4.37. The number of para-hydroxylation sites is 1. The number of anilines is 2. The van der Waals surface area contributed by atoms with Crippen LogP contribution >= 0.6 is 11.6 Å². The number of nitrogens with zero attached hydrogens (tertiary/aromatic N) is 2. The molecule has 0 bridgehead atoms. The second-order valence-corrected chi connectivity index (χ2v) is 4.71. The smallest absolute Gasteiger partial charge is 0.335 e. The molecule has 104 valence electrons. The van der Waals surface area contributed by atoms with Crippen LogP contribution in [0.25, 0.3) is 10.9 Å². The molecule has 0 saturated heterocycles. The van der Waals surface area contributed by atoms with Gasteiger partial charge in [-0.15, -0.1) is 0 Å². The molecule has 1 aromatic heterocycles. The van der Waals surface area contributed by atoms with Crippen LogP contribution in [0.15, 0.2) is 48.5 Å². The first-order chi connectivity index (χ1) is 10.1. The van der Waals surface area contributed by atoms with Crippen LogP contribution in [0.2, 0.25) is 5.28 Å². The van der Waals surface area contributed by atoms with Gasteiger partial charge in [0.2, 0.25) is 5.28 Å². The molecule has 0 aliphatic rings. The summed E-state index contributed by atoms with van der Waals surface area (Å²) in [6, 6.07) is 13.9. The number of fused-ring (bicyclic) bond motifs is 1. The van der Waals surface area contributed by atoms with Crippen molar-refractivity contribution in [3.8, 4) is 0 Å². The van der Waals surface area contributed by atoms with Crippen molar-refractivity contribution >= 4 is 40.0 Å². The number of carboxylic acids is 1. The quantitative estimate of drug-likeness (QED) is 0.721. The average molecular weight is 300 g/mol. The fourth-order valence-corrected chi connectivity index (χ4v) is 2.19. The molecule has 0 atom stereocenters. The molecule has 2 aromatic carbocycles. The van der Waals surface area contributed by atoms with Crippen LogP contribution in [-0.2, 0) is 0 Å². The average Bonchev–Trinajstić information content (AvgIpc) is 2.47. The summed E-state index contributed by atoms with van der Waals surface area (Å²) in [5, 5.41) is 13.0. The van der Waals surface area contributed by atoms with Gasteiger partial charge in [0.25, 0.3) is 0 Å². The van der Waals surface area contributed by atoms with Gasteiger partial charge in [-0.3, -0.25) is 0 Å². The number of carboxylic acid groups (broad SMARTS) is 1. The molecule has 0 spiro atoms. The summed E-state index contributed by atoms with van der Waals surface area (Å²) in [7, 11) is 0. The van der Waals surface area contributed by atoms with E-state index in [4.69, 9.17) is 16.7 Å². The lowest BCUT2D eigenvalue weighted by Crippen LogP contribution is -2.00. The second kappa shape index (κ2) is 5.38. The molecular weight excluding hydrogens is 290 g/mol. The van der Waals surface area contributed by atoms with E-state index in [9.17, 15) is 4.79 Å². The zero-order chi connectivity index (χ0) is 14.8. The van der Waals surface area contributed by atoms with Crippen molar-refractivity contribution in [1.29, 1.82) is 0 Å². The molecule has 3 rings (SSSR count). The zero-order valence-corrected chi connectivity index (χ0v) is 11.5. The maximum atomic E-state index is 11.0. The van der Waals surface area contributed by atoms with E-state index in [1.54, 1.807) is 12.1 Å². The van der Waals surface area contributed by atoms with Gasteiger partial charge in [0.05, 0.1) is 11.1 Å². The molecule has 0 radical (unpaired) electrons. The highest BCUT2D eigenvalue weighted by Crippen LogP contribution is 2.25. The van der Waals surface area contributed by atoms with Gasteiger partial charge in [0, 0.05) is 11.1 Å². The Morgan fingerprint density at radius 2 is 1.90 bits per heavy atom. The fraction of sp³-hybridized carbons (Fsp3) is 0. The standard InChI is InChI=1S/C15H10ClN3O2/c16-15-18-12-7-2-1-6-11(12)13(19-15)17-10-5-3-4-9(8-10)14(20)21/h1-8H,(H,20,21)(H,17,18,19). The highest BCUT2D eigenvalue weighted by molar-refractivity contribution is 6.28. The monoisotopic (exact) mass is 299 g/mol. The molecule has 0 aliphatic heterocycles. The van der Waals surface area contributed by atoms with Crippen LogP contribution < -0.4 is 5.32 Å². The lowest BCUT2D eigenvalue weighted by Gasteiger charge is -2.09. The maximum absolute atomic E-state index is 11.0. The van der Waals surface area contributed by atoms with Crippen molar-refractivity contribution in [3.05, 3.63) is 59.4 Å². The van der Waals surface area contributed by atoms with E-state index in [1.807, 2.05) is 24.3 Å². The number of aromatic carboxylic acids is 1. The molecule has 0 amide bonds. The largest absolute Gasteiger partial charge is 0.478 e. The first kappa shape index (κ1) is 13.3. The van der Waals surface area contributed by atoms with Crippen molar-refractivity contribution in [3.63, 3.8) is 0 Å². The van der Waals surface area contributed by atoms with Crippen molar-refractivity contribution in [2.45, 2.75) is 0 Å². The Morgan fingerprint density at radius 1 is 1.10 bits per heavy atom. The summed E-state index contributed by atoms with van der Waals surface area (Å²) >= 11 is 5.92. The third kappa shape index (κ3) is 2.78. The highest BCUT2D eigenvalue weighted by Gasteiger charge is 2.08. The third-order valence-electron chi connectivity index (χ3n) is 2.95. The minimum absolute atomic E-state index is 0.130. The van der Waals surface area contributed by atoms with Crippen LogP contribution in [0.4, 0.5) is 11.5 Å². The van der Waals surface area contributed by atoms with Crippen LogP contribution in [0, 0.1) is 0 Å². The van der Waals surface area contributed by atoms with Gasteiger partial charge >= 0.3 is 5.97 Å². The van der Waals surface area contributed by atoms with Crippen molar-refractivity contribution in [2.24, 2.45) is 0 Å². The molecule has 21 heavy (non-hydrogen) atoms. The van der Waals surface area contributed by atoms with Gasteiger partial charge in [-0.1, -0.05) is 18.2 Å². The van der Waals surface area contributed by atoms with E-state index < -0.39 is 5.97 Å². The number of hydrogen-bond acceptors (Lipinski definition) is 4. The van der Waals surface area contributed by atoms with Gasteiger partial charge < -0.3 is 10.4 Å². The summed E-state index contributed by atoms with van der Waals surface area (Å²) in [6.07, 6.45) is 0. The van der Waals surface area contributed by atoms with Gasteiger partial charge in [0.15, 0.2) is 0 Å². The van der Waals surface area contributed by atoms with Crippen molar-refractivity contribution in [1.82, 2.24) is 9.97 Å². The highest BCUT2D eigenvalue weighted by atomic mass is 35.5. The summed E-state index contributed by atoms with van der Waals surface area (Å²) in [5.74, 6) is -0.447. The van der Waals surface area contributed by atoms with Crippen molar-refractivity contribution in [2.75, 3.05) is 5.32 Å². The Hall–Kier alpha value is -2.66. The normalized spacial score (nSPS) is 10.5. The predicted octanol–water partition coefficient (Wildman–Crippen LogP) is 3.73. The fourth-order valence-electron chi connectivity index (χ4n) is 2.01. The topological polar surface area (TPSA) is 75.1 Å². The summed E-state index contributed by atoms with van der Waals surface area (Å²) in [4.78, 5) is 19.3. The van der Waals surface area contributed by atoms with E-state index in [1.165, 1.54) is 12.1 Å². The van der Waals surface area contributed by atoms with Crippen LogP contribution in [0.3, 0.4) is 0 Å². The summed E-state index contributed by atoms with van der Waals surface area (Å²) in [5.41, 5.74) is 1.54. The third-order valence-corrected chi connectivity index (χ3v) is 3.12. The number of benzene rings is 2. The van der Waals surface area contributed by atoms with Gasteiger partial charge in [-0.25, -0.2) is 9.78 Å². The molecule has 0 saturated carbocycles. The Morgan fingerprint density at radius 3 is 2.71 bits per heavy atom. The Bertz CT molecular complexity index is 836. The lowest BCUT2D eigenvalue weighted by atomic mass is 10.2. The number of aromatic nitrogens is 2. The minimum Gasteiger partial charge on any atom is -0.478 e. The molecule has 5 nitrogen and oxygen atoms in total. The molecule has 0 fully saturated rings. The first-order valence-corrected chi connectivity index (χ1v) is 6.54. The van der Waals surface area contributed by atoms with Gasteiger partial charge in [-0.05, 0) is 41.9 Å². The van der Waals surface area contributed by atoms with Crippen LogP contribution in [0.5, 0.6) is 0 Å². The number of hydrogen-bond donors (Lipinski definition) is 2. The molecule has 2 N–H and O–H groups in total. The number of nitrogens with one attached hydrogen (secondary N) is 1. The molecular formula is C15H10ClN3O2. The molecule has 3 aromatic rings. The summed E-state index contributed by atoms with van der Waals surface area (Å²) in [6.45, 7) is 0. The number of rotatable bonds is 3. The van der Waals surface area contributed by atoms with Gasteiger partial charge in [-0.2, -0.15) is 4.98 Å². The van der Waals surface area contributed by atoms with Crippen LogP contribution in [-0.4, -0.2) is 21.0 Å². The minimum atomic E-state index is -0.982. The lowest BCUT2D eigenvalue weighted by molar-refractivity contribution is 0.0697. The molecule has 0 unspecified atom stereocenters. The van der Waals surface area contributed by atoms with Crippen LogP contribution in [0.1, 0.15) is 10.4 Å². The van der Waals surface area contributed by atoms with E-state index in [2.05, 4.69) is 15.3 Å². The van der Waals surface area contributed by atoms with Crippen molar-refractivity contribution < 1.29 is 9.90 Å². The SMILES string of the molecule is O=C(O)c1cccc(Nc2nc(Cl)nc3ccccc23)c1. The molecule has 1 heterocycles. The number of halogens is 1. The van der Waals surface area contributed by atoms with E-state index in [-0.39, 0.29) is 10.8 Å². The van der Waals surface area contributed by atoms with Gasteiger partial charge in [0.1, 0.15) is 5.82 Å².